The van der Waals surface area contributed by atoms with Crippen LogP contribution in [0.5, 0.6) is 17.4 Å². The van der Waals surface area contributed by atoms with E-state index in [-0.39, 0.29) is 23.0 Å². The maximum atomic E-state index is 13.6. The zero-order valence-electron chi connectivity index (χ0n) is 22.8. The zero-order valence-corrected chi connectivity index (χ0v) is 22.8. The molecule has 6 aromatic rings. The molecule has 0 unspecified atom stereocenters. The largest absolute Gasteiger partial charge is 0.493 e. The average molecular weight is 574 g/mol. The summed E-state index contributed by atoms with van der Waals surface area (Å²) in [5.41, 5.74) is 1.96. The number of nitrogens with zero attached hydrogens (tertiary/aromatic N) is 5. The van der Waals surface area contributed by atoms with Crippen LogP contribution in [0, 0.1) is 10.1 Å². The van der Waals surface area contributed by atoms with Crippen LogP contribution in [0.25, 0.3) is 33.5 Å². The normalized spacial score (nSPS) is 11.3. The Hall–Kier alpha value is -6.10. The monoisotopic (exact) mass is 573 g/mol. The van der Waals surface area contributed by atoms with Gasteiger partial charge in [0.25, 0.3) is 11.2 Å². The molecular weight excluding hydrogens is 550 g/mol. The fourth-order valence-electron chi connectivity index (χ4n) is 4.58. The Morgan fingerprint density at radius 1 is 1.09 bits per heavy atom. The molecule has 0 aliphatic rings. The van der Waals surface area contributed by atoms with Crippen molar-refractivity contribution in [1.82, 2.24) is 14.6 Å². The summed E-state index contributed by atoms with van der Waals surface area (Å²) in [5.74, 6) is 1.53. The van der Waals surface area contributed by atoms with Crippen molar-refractivity contribution in [1.29, 1.82) is 0 Å². The molecular formula is C32H23N5O6. The fraction of sp³-hybridized carbons (Fsp3) is 0.0625. The Kier molecular flexibility index (Phi) is 7.19. The van der Waals surface area contributed by atoms with Gasteiger partial charge in [-0.3, -0.25) is 14.9 Å². The maximum absolute atomic E-state index is 13.6. The lowest BCUT2D eigenvalue weighted by molar-refractivity contribution is -0.385. The van der Waals surface area contributed by atoms with Crippen LogP contribution in [-0.2, 0) is 6.42 Å². The van der Waals surface area contributed by atoms with Gasteiger partial charge < -0.3 is 13.9 Å². The number of allylic oxidation sites excluding steroid dienone is 1. The number of nitro groups is 1. The van der Waals surface area contributed by atoms with Crippen molar-refractivity contribution in [2.24, 2.45) is 5.10 Å². The second-order valence-corrected chi connectivity index (χ2v) is 9.38. The highest BCUT2D eigenvalue weighted by atomic mass is 16.6. The summed E-state index contributed by atoms with van der Waals surface area (Å²) in [5, 5.41) is 16.8. The third kappa shape index (κ3) is 5.34. The summed E-state index contributed by atoms with van der Waals surface area (Å²) in [6, 6.07) is 22.6. The van der Waals surface area contributed by atoms with Gasteiger partial charge >= 0.3 is 0 Å². The van der Waals surface area contributed by atoms with E-state index < -0.39 is 4.92 Å². The lowest BCUT2D eigenvalue weighted by Crippen LogP contribution is -2.20. The van der Waals surface area contributed by atoms with Crippen molar-refractivity contribution < 1.29 is 18.8 Å². The summed E-state index contributed by atoms with van der Waals surface area (Å²) in [6.45, 7) is 3.83. The first-order chi connectivity index (χ1) is 20.9. The summed E-state index contributed by atoms with van der Waals surface area (Å²) >= 11 is 0. The number of furan rings is 1. The van der Waals surface area contributed by atoms with Gasteiger partial charge in [0.05, 0.1) is 29.2 Å². The van der Waals surface area contributed by atoms with E-state index in [9.17, 15) is 14.9 Å². The van der Waals surface area contributed by atoms with Crippen molar-refractivity contribution in [3.05, 3.63) is 129 Å². The van der Waals surface area contributed by atoms with Crippen molar-refractivity contribution in [2.45, 2.75) is 6.42 Å². The Bertz CT molecular complexity index is 2060. The Labute approximate surface area is 244 Å². The number of pyridine rings is 1. The first kappa shape index (κ1) is 27.1. The molecule has 43 heavy (non-hydrogen) atoms. The molecule has 0 amide bonds. The molecule has 3 heterocycles. The summed E-state index contributed by atoms with van der Waals surface area (Å²) < 4.78 is 18.9. The molecule has 3 aromatic heterocycles. The van der Waals surface area contributed by atoms with Crippen molar-refractivity contribution in [3.8, 4) is 29.0 Å². The van der Waals surface area contributed by atoms with Gasteiger partial charge in [-0.2, -0.15) is 9.78 Å². The highest BCUT2D eigenvalue weighted by Gasteiger charge is 2.18. The third-order valence-electron chi connectivity index (χ3n) is 6.60. The van der Waals surface area contributed by atoms with Gasteiger partial charge in [-0.1, -0.05) is 36.4 Å². The van der Waals surface area contributed by atoms with Gasteiger partial charge in [-0.05, 0) is 48.4 Å². The molecule has 0 spiro atoms. The minimum absolute atomic E-state index is 0.153. The zero-order chi connectivity index (χ0) is 29.9. The molecule has 0 saturated heterocycles. The predicted octanol–water partition coefficient (Wildman–Crippen LogP) is 6.52. The van der Waals surface area contributed by atoms with Gasteiger partial charge in [-0.25, -0.2) is 9.97 Å². The highest BCUT2D eigenvalue weighted by Crippen LogP contribution is 2.36. The lowest BCUT2D eigenvalue weighted by atomic mass is 10.1. The summed E-state index contributed by atoms with van der Waals surface area (Å²) in [7, 11) is 1.49. The maximum Gasteiger partial charge on any atom is 0.287 e. The van der Waals surface area contributed by atoms with Crippen LogP contribution < -0.4 is 15.0 Å². The smallest absolute Gasteiger partial charge is 0.287 e. The van der Waals surface area contributed by atoms with Crippen molar-refractivity contribution >= 4 is 33.8 Å². The second-order valence-electron chi connectivity index (χ2n) is 9.38. The molecule has 11 heteroatoms. The molecule has 0 atom stereocenters. The number of rotatable bonds is 9. The van der Waals surface area contributed by atoms with E-state index >= 15 is 0 Å². The lowest BCUT2D eigenvalue weighted by Gasteiger charge is -2.15. The molecule has 0 bridgehead atoms. The van der Waals surface area contributed by atoms with E-state index in [0.717, 1.165) is 11.6 Å². The van der Waals surface area contributed by atoms with Crippen LogP contribution in [0.2, 0.25) is 0 Å². The van der Waals surface area contributed by atoms with Gasteiger partial charge in [0.1, 0.15) is 11.8 Å². The molecule has 0 fully saturated rings. The van der Waals surface area contributed by atoms with Crippen LogP contribution in [0.4, 0.5) is 5.69 Å². The number of fused-ring (bicyclic) bond motifs is 2. The standard InChI is InChI=1S/C32H23N5O6/c1-3-8-22-15-20(16-27(41-2)30(22)43-29-14-13-23(19-33-29)37(39)40)18-34-36-31(28-17-21-9-4-7-12-26(21)42-28)35-25-11-6-5-10-24(25)32(36)38/h3-7,9-19H,1,8H2,2H3. The van der Waals surface area contributed by atoms with Crippen LogP contribution in [-0.4, -0.2) is 32.9 Å². The van der Waals surface area contributed by atoms with E-state index in [1.807, 2.05) is 42.5 Å². The second kappa shape index (κ2) is 11.4. The van der Waals surface area contributed by atoms with Gasteiger partial charge in [0.2, 0.25) is 11.7 Å². The van der Waals surface area contributed by atoms with E-state index in [2.05, 4.69) is 16.7 Å². The number of hydrogen-bond donors (Lipinski definition) is 0. The van der Waals surface area contributed by atoms with E-state index in [0.29, 0.717) is 51.3 Å². The quantitative estimate of drug-likeness (QED) is 0.0825. The Morgan fingerprint density at radius 3 is 2.65 bits per heavy atom. The molecule has 212 valence electrons. The molecule has 0 aliphatic heterocycles. The van der Waals surface area contributed by atoms with Crippen LogP contribution in [0.3, 0.4) is 0 Å². The number of para-hydroxylation sites is 2. The fourth-order valence-corrected chi connectivity index (χ4v) is 4.58. The molecule has 3 aromatic carbocycles. The first-order valence-corrected chi connectivity index (χ1v) is 13.1. The Balaban J connectivity index is 1.44. The number of benzene rings is 3. The number of ether oxygens (including phenoxy) is 2. The van der Waals surface area contributed by atoms with Gasteiger partial charge in [0, 0.05) is 23.1 Å². The van der Waals surface area contributed by atoms with E-state index in [4.69, 9.17) is 18.9 Å². The first-order valence-electron chi connectivity index (χ1n) is 13.1. The highest BCUT2D eigenvalue weighted by molar-refractivity contribution is 5.85. The van der Waals surface area contributed by atoms with Gasteiger partial charge in [-0.15, -0.1) is 6.58 Å². The minimum atomic E-state index is -0.537. The molecule has 0 N–H and O–H groups in total. The number of hydrogen-bond acceptors (Lipinski definition) is 9. The molecule has 6 rings (SSSR count). The Morgan fingerprint density at radius 2 is 1.91 bits per heavy atom. The van der Waals surface area contributed by atoms with Crippen LogP contribution >= 0.6 is 0 Å². The topological polar surface area (TPSA) is 135 Å². The van der Waals surface area contributed by atoms with Crippen molar-refractivity contribution in [3.63, 3.8) is 0 Å². The summed E-state index contributed by atoms with van der Waals surface area (Å²) in [6.07, 6.45) is 4.74. The van der Waals surface area contributed by atoms with Crippen LogP contribution in [0.1, 0.15) is 11.1 Å². The van der Waals surface area contributed by atoms with Crippen molar-refractivity contribution in [2.75, 3.05) is 7.11 Å². The molecule has 0 radical (unpaired) electrons. The van der Waals surface area contributed by atoms with E-state index in [1.165, 1.54) is 30.1 Å². The molecule has 0 saturated carbocycles. The van der Waals surface area contributed by atoms with E-state index in [1.54, 1.807) is 30.3 Å². The number of aromatic nitrogens is 3. The van der Waals surface area contributed by atoms with Crippen LogP contribution in [0.15, 0.2) is 112 Å². The average Bonchev–Trinajstić information content (AvgIpc) is 3.46. The predicted molar refractivity (Wildman–Crippen MR) is 162 cm³/mol. The van der Waals surface area contributed by atoms with Gasteiger partial charge in [0.15, 0.2) is 17.3 Å². The molecule has 11 nitrogen and oxygen atoms in total. The number of methoxy groups -OCH3 is 1. The summed E-state index contributed by atoms with van der Waals surface area (Å²) in [4.78, 5) is 32.8. The molecule has 0 aliphatic carbocycles. The SMILES string of the molecule is C=CCc1cc(C=Nn2c(-c3cc4ccccc4o3)nc3ccccc3c2=O)cc(OC)c1Oc1ccc([N+](=O)[O-])cn1. The minimum Gasteiger partial charge on any atom is -0.493 e. The third-order valence-corrected chi connectivity index (χ3v) is 6.60.